The van der Waals surface area contributed by atoms with Crippen molar-refractivity contribution >= 4 is 22.9 Å². The molecule has 0 heterocycles. The van der Waals surface area contributed by atoms with E-state index in [4.69, 9.17) is 0 Å². The van der Waals surface area contributed by atoms with Crippen molar-refractivity contribution in [3.8, 4) is 0 Å². The Kier molecular flexibility index (Phi) is 9.47. The van der Waals surface area contributed by atoms with Crippen LogP contribution in [0.25, 0.3) is 22.9 Å². The minimum Gasteiger partial charge on any atom is -0.290 e. The molecule has 0 fully saturated rings. The van der Waals surface area contributed by atoms with Crippen LogP contribution in [0.2, 0.25) is 0 Å². The van der Waals surface area contributed by atoms with Gasteiger partial charge in [-0.05, 0) is 11.8 Å². The minimum absolute atomic E-state index is 0. The number of benzene rings is 2. The number of allylic oxidation sites excluding steroid dienone is 3. The molecule has 0 spiro atoms. The van der Waals surface area contributed by atoms with Gasteiger partial charge in [-0.25, -0.2) is 12.2 Å². The maximum absolute atomic E-state index is 4.00. The summed E-state index contributed by atoms with van der Waals surface area (Å²) in [4.78, 5) is 0. The maximum Gasteiger partial charge on any atom is 0 e. The van der Waals surface area contributed by atoms with Crippen LogP contribution in [0.4, 0.5) is 0 Å². The van der Waals surface area contributed by atoms with Gasteiger partial charge in [0.15, 0.2) is 0 Å². The fraction of sp³-hybridized carbons (Fsp3) is 0.280. The molecule has 0 aromatic heterocycles. The minimum atomic E-state index is 0. The molecule has 1 atom stereocenters. The van der Waals surface area contributed by atoms with Gasteiger partial charge in [0.25, 0.3) is 0 Å². The first-order chi connectivity index (χ1) is 12.0. The number of fused-ring (bicyclic) bond motifs is 3. The summed E-state index contributed by atoms with van der Waals surface area (Å²) in [6.07, 6.45) is 17.3. The second-order valence-corrected chi connectivity index (χ2v) is 7.02. The second-order valence-electron chi connectivity index (χ2n) is 7.02. The molecule has 2 aromatic rings. The van der Waals surface area contributed by atoms with E-state index in [1.54, 1.807) is 0 Å². The van der Waals surface area contributed by atoms with Crippen molar-refractivity contribution in [2.45, 2.75) is 34.6 Å². The van der Waals surface area contributed by atoms with E-state index in [1.807, 2.05) is 19.1 Å². The molecule has 0 N–H and O–H groups in total. The van der Waals surface area contributed by atoms with E-state index in [0.29, 0.717) is 5.92 Å². The largest absolute Gasteiger partial charge is 0.290 e. The van der Waals surface area contributed by atoms with Gasteiger partial charge in [0.2, 0.25) is 0 Å². The van der Waals surface area contributed by atoms with Crippen LogP contribution in [0.15, 0.2) is 49.1 Å². The zero-order valence-corrected chi connectivity index (χ0v) is 19.5. The molecule has 3 rings (SSSR count). The first kappa shape index (κ1) is 22.8. The Morgan fingerprint density at radius 1 is 1.15 bits per heavy atom. The Morgan fingerprint density at radius 2 is 1.77 bits per heavy atom. The van der Waals surface area contributed by atoms with Crippen molar-refractivity contribution in [2.75, 3.05) is 0 Å². The zero-order chi connectivity index (χ0) is 18.4. The van der Waals surface area contributed by atoms with Gasteiger partial charge in [0.05, 0.1) is 0 Å². The summed E-state index contributed by atoms with van der Waals surface area (Å²) >= 11 is 0. The maximum atomic E-state index is 4.00. The van der Waals surface area contributed by atoms with E-state index in [9.17, 15) is 0 Å². The third-order valence-corrected chi connectivity index (χ3v) is 3.85. The summed E-state index contributed by atoms with van der Waals surface area (Å²) in [6, 6.07) is 8.48. The van der Waals surface area contributed by atoms with E-state index in [-0.39, 0.29) is 32.7 Å². The van der Waals surface area contributed by atoms with Crippen LogP contribution >= 0.6 is 0 Å². The summed E-state index contributed by atoms with van der Waals surface area (Å²) < 4.78 is 0. The van der Waals surface area contributed by atoms with Gasteiger partial charge < -0.3 is 0 Å². The molecule has 1 aliphatic carbocycles. The van der Waals surface area contributed by atoms with E-state index < -0.39 is 0 Å². The van der Waals surface area contributed by atoms with Crippen LogP contribution in [-0.2, 0) is 32.7 Å². The van der Waals surface area contributed by atoms with Crippen LogP contribution in [0, 0.1) is 24.0 Å². The molecule has 26 heavy (non-hydrogen) atoms. The van der Waals surface area contributed by atoms with Gasteiger partial charge in [-0.2, -0.15) is 23.3 Å². The van der Waals surface area contributed by atoms with Crippen LogP contribution in [0.1, 0.15) is 56.9 Å². The Balaban J connectivity index is 0.000000616. The summed E-state index contributed by atoms with van der Waals surface area (Å²) in [5, 5.41) is 2.46. The van der Waals surface area contributed by atoms with Crippen molar-refractivity contribution in [3.05, 3.63) is 83.5 Å². The Hall–Kier alpha value is -1.24. The molecular formula is C25H28Y-2. The van der Waals surface area contributed by atoms with Gasteiger partial charge >= 0.3 is 0 Å². The molecule has 1 radical (unpaired) electrons. The zero-order valence-electron chi connectivity index (χ0n) is 16.6. The smallest absolute Gasteiger partial charge is 0 e. The van der Waals surface area contributed by atoms with Crippen molar-refractivity contribution in [1.82, 2.24) is 0 Å². The van der Waals surface area contributed by atoms with Crippen molar-refractivity contribution in [2.24, 2.45) is 11.8 Å². The summed E-state index contributed by atoms with van der Waals surface area (Å²) in [5.41, 5.74) is 4.55. The molecule has 0 nitrogen and oxygen atoms in total. The van der Waals surface area contributed by atoms with Crippen LogP contribution < -0.4 is 0 Å². The van der Waals surface area contributed by atoms with E-state index >= 15 is 0 Å². The predicted molar refractivity (Wildman–Crippen MR) is 112 cm³/mol. The Labute approximate surface area is 184 Å². The fourth-order valence-corrected chi connectivity index (χ4v) is 2.84. The Morgan fingerprint density at radius 3 is 2.35 bits per heavy atom. The topological polar surface area (TPSA) is 0 Å². The van der Waals surface area contributed by atoms with Gasteiger partial charge in [-0.3, -0.25) is 11.1 Å². The Bertz CT molecular complexity index is 832. The first-order valence-electron chi connectivity index (χ1n) is 9.03. The molecule has 2 aromatic carbocycles. The number of hydrogen-bond donors (Lipinski definition) is 0. The third-order valence-electron chi connectivity index (χ3n) is 3.85. The summed E-state index contributed by atoms with van der Waals surface area (Å²) in [5.74, 6) is 1.22. The second kappa shape index (κ2) is 10.8. The standard InChI is InChI=1S/C21H18.C4H10.Y/c1-4-8-17-16(5-2)18-9-6-7-10-19(18)21-14-12-15(3)11-13-20(17)21;1-4(2)3;/h4-7,9-12,14-15H,2H2,1,3H3;4H,1-3H3;/q-2;;. The molecular weight excluding hydrogens is 389 g/mol. The third kappa shape index (κ3) is 5.38. The van der Waals surface area contributed by atoms with E-state index in [0.717, 1.165) is 22.6 Å². The molecule has 0 bridgehead atoms. The number of hydrogen-bond acceptors (Lipinski definition) is 0. The normalized spacial score (nSPS) is 15.2. The quantitative estimate of drug-likeness (QED) is 0.452. The first-order valence-corrected chi connectivity index (χ1v) is 9.03. The molecule has 0 aliphatic heterocycles. The van der Waals surface area contributed by atoms with Gasteiger partial charge in [-0.1, -0.05) is 75.7 Å². The van der Waals surface area contributed by atoms with Gasteiger partial charge in [0.1, 0.15) is 0 Å². The van der Waals surface area contributed by atoms with Gasteiger partial charge in [0, 0.05) is 32.7 Å². The molecule has 0 saturated carbocycles. The van der Waals surface area contributed by atoms with Crippen molar-refractivity contribution in [1.29, 1.82) is 0 Å². The molecule has 0 saturated heterocycles. The monoisotopic (exact) mass is 417 g/mol. The molecule has 1 aliphatic rings. The van der Waals surface area contributed by atoms with Crippen LogP contribution in [-0.4, -0.2) is 0 Å². The molecule has 1 unspecified atom stereocenters. The fourth-order valence-electron chi connectivity index (χ4n) is 2.84. The van der Waals surface area contributed by atoms with Crippen molar-refractivity contribution < 1.29 is 32.7 Å². The summed E-state index contributed by atoms with van der Waals surface area (Å²) in [7, 11) is 0. The average molecular weight is 417 g/mol. The molecule has 0 amide bonds. The SMILES string of the molecule is C=Cc1c([C-]=CC)c2c(c3ccccc13)C=CC(C)C=[C-]2.CC(C)C.[Y]. The summed E-state index contributed by atoms with van der Waals surface area (Å²) in [6.45, 7) is 14.7. The van der Waals surface area contributed by atoms with Crippen molar-refractivity contribution in [3.63, 3.8) is 0 Å². The molecule has 1 heteroatoms. The van der Waals surface area contributed by atoms with E-state index in [1.165, 1.54) is 16.3 Å². The van der Waals surface area contributed by atoms with Crippen LogP contribution in [0.3, 0.4) is 0 Å². The number of rotatable bonds is 2. The van der Waals surface area contributed by atoms with E-state index in [2.05, 4.69) is 88.9 Å². The molecule has 133 valence electrons. The van der Waals surface area contributed by atoms with Crippen LogP contribution in [0.5, 0.6) is 0 Å². The van der Waals surface area contributed by atoms with Gasteiger partial charge in [-0.15, -0.1) is 18.7 Å². The average Bonchev–Trinajstić information content (AvgIpc) is 2.77. The predicted octanol–water partition coefficient (Wildman–Crippen LogP) is 7.24.